The maximum atomic E-state index is 5.48. The molecule has 0 saturated carbocycles. The van der Waals surface area contributed by atoms with Crippen LogP contribution < -0.4 is 14.2 Å². The first kappa shape index (κ1) is 19.3. The molecule has 5 rings (SSSR count). The summed E-state index contributed by atoms with van der Waals surface area (Å²) in [7, 11) is 4.74. The number of aromatic nitrogens is 5. The molecular weight excluding hydrogens is 414 g/mol. The van der Waals surface area contributed by atoms with Crippen LogP contribution in [-0.4, -0.2) is 46.1 Å². The van der Waals surface area contributed by atoms with Crippen molar-refractivity contribution in [3.8, 4) is 39.2 Å². The lowest BCUT2D eigenvalue weighted by Crippen LogP contribution is -1.97. The summed E-state index contributed by atoms with van der Waals surface area (Å²) in [4.78, 5) is 5.32. The van der Waals surface area contributed by atoms with Gasteiger partial charge in [-0.25, -0.2) is 0 Å². The standard InChI is InChI=1S/C22H19N5O3S/c1-12-9-15(14-7-5-6-8-16(14)23-12)21-26-27-20(24-25-22(27)31-21)13-10-17(28-2)19(30-4)18(11-13)29-3/h5-11H,1-4H3. The minimum absolute atomic E-state index is 0.521. The van der Waals surface area contributed by atoms with Crippen LogP contribution in [0.5, 0.6) is 17.2 Å². The summed E-state index contributed by atoms with van der Waals surface area (Å²) in [6, 6.07) is 13.8. The van der Waals surface area contributed by atoms with Crippen molar-refractivity contribution < 1.29 is 14.2 Å². The zero-order valence-electron chi connectivity index (χ0n) is 17.4. The van der Waals surface area contributed by atoms with Gasteiger partial charge in [0.25, 0.3) is 0 Å². The predicted octanol–water partition coefficient (Wildman–Crippen LogP) is 4.40. The predicted molar refractivity (Wildman–Crippen MR) is 119 cm³/mol. The van der Waals surface area contributed by atoms with E-state index in [1.54, 1.807) is 25.8 Å². The Bertz CT molecular complexity index is 1400. The summed E-state index contributed by atoms with van der Waals surface area (Å²) >= 11 is 1.48. The van der Waals surface area contributed by atoms with E-state index in [0.29, 0.717) is 28.0 Å². The maximum Gasteiger partial charge on any atom is 0.235 e. The molecule has 0 bridgehead atoms. The van der Waals surface area contributed by atoms with Gasteiger partial charge in [-0.15, -0.1) is 10.2 Å². The molecule has 0 fully saturated rings. The fourth-order valence-electron chi connectivity index (χ4n) is 3.60. The first-order valence-corrected chi connectivity index (χ1v) is 10.3. The number of fused-ring (bicyclic) bond motifs is 2. The maximum absolute atomic E-state index is 5.48. The van der Waals surface area contributed by atoms with Gasteiger partial charge in [0.15, 0.2) is 17.3 Å². The van der Waals surface area contributed by atoms with Crippen LogP contribution in [0.25, 0.3) is 37.8 Å². The Hall–Kier alpha value is -3.72. The lowest BCUT2D eigenvalue weighted by molar-refractivity contribution is 0.324. The van der Waals surface area contributed by atoms with E-state index in [9.17, 15) is 0 Å². The molecule has 0 radical (unpaired) electrons. The van der Waals surface area contributed by atoms with Crippen LogP contribution in [-0.2, 0) is 0 Å². The Labute approximate surface area is 182 Å². The Morgan fingerprint density at radius 3 is 2.35 bits per heavy atom. The van der Waals surface area contributed by atoms with Crippen LogP contribution in [0.4, 0.5) is 0 Å². The van der Waals surface area contributed by atoms with E-state index in [1.807, 2.05) is 43.3 Å². The van der Waals surface area contributed by atoms with Crippen LogP contribution in [0, 0.1) is 6.92 Å². The van der Waals surface area contributed by atoms with Crippen LogP contribution in [0.15, 0.2) is 42.5 Å². The molecule has 0 spiro atoms. The van der Waals surface area contributed by atoms with Gasteiger partial charge < -0.3 is 14.2 Å². The normalized spacial score (nSPS) is 11.2. The highest BCUT2D eigenvalue weighted by Crippen LogP contribution is 2.41. The summed E-state index contributed by atoms with van der Waals surface area (Å²) in [6.45, 7) is 1.98. The average molecular weight is 433 g/mol. The molecule has 3 heterocycles. The van der Waals surface area contributed by atoms with Crippen molar-refractivity contribution in [2.75, 3.05) is 21.3 Å². The molecule has 0 unspecified atom stereocenters. The molecule has 0 aliphatic heterocycles. The highest BCUT2D eigenvalue weighted by atomic mass is 32.1. The van der Waals surface area contributed by atoms with Gasteiger partial charge in [0.2, 0.25) is 10.7 Å². The van der Waals surface area contributed by atoms with Gasteiger partial charge in [-0.3, -0.25) is 4.98 Å². The Kier molecular flexibility index (Phi) is 4.67. The van der Waals surface area contributed by atoms with E-state index >= 15 is 0 Å². The molecule has 0 saturated heterocycles. The molecule has 31 heavy (non-hydrogen) atoms. The Balaban J connectivity index is 1.69. The number of para-hydroxylation sites is 1. The number of rotatable bonds is 5. The molecule has 2 aromatic carbocycles. The monoisotopic (exact) mass is 433 g/mol. The molecule has 0 aliphatic carbocycles. The molecule has 0 atom stereocenters. The third-order valence-electron chi connectivity index (χ3n) is 4.99. The van der Waals surface area contributed by atoms with E-state index < -0.39 is 0 Å². The van der Waals surface area contributed by atoms with Crippen LogP contribution >= 0.6 is 11.3 Å². The largest absolute Gasteiger partial charge is 0.493 e. The second kappa shape index (κ2) is 7.51. The number of nitrogens with zero attached hydrogens (tertiary/aromatic N) is 5. The van der Waals surface area contributed by atoms with Crippen molar-refractivity contribution in [2.45, 2.75) is 6.92 Å². The van der Waals surface area contributed by atoms with Crippen molar-refractivity contribution in [3.63, 3.8) is 0 Å². The number of hydrogen-bond acceptors (Lipinski definition) is 8. The minimum Gasteiger partial charge on any atom is -0.493 e. The van der Waals surface area contributed by atoms with Crippen molar-refractivity contribution >= 4 is 27.2 Å². The van der Waals surface area contributed by atoms with E-state index in [4.69, 9.17) is 19.3 Å². The number of methoxy groups -OCH3 is 3. The van der Waals surface area contributed by atoms with Crippen molar-refractivity contribution in [1.82, 2.24) is 24.8 Å². The highest BCUT2D eigenvalue weighted by Gasteiger charge is 2.20. The van der Waals surface area contributed by atoms with E-state index in [-0.39, 0.29) is 0 Å². The summed E-state index contributed by atoms with van der Waals surface area (Å²) in [6.07, 6.45) is 0. The Morgan fingerprint density at radius 2 is 1.65 bits per heavy atom. The minimum atomic E-state index is 0.521. The third-order valence-corrected chi connectivity index (χ3v) is 5.92. The van der Waals surface area contributed by atoms with Gasteiger partial charge in [0.05, 0.1) is 26.8 Å². The van der Waals surface area contributed by atoms with E-state index in [2.05, 4.69) is 21.2 Å². The number of pyridine rings is 1. The van der Waals surface area contributed by atoms with Gasteiger partial charge in [0.1, 0.15) is 5.01 Å². The molecule has 5 aromatic rings. The zero-order chi connectivity index (χ0) is 21.5. The van der Waals surface area contributed by atoms with E-state index in [1.165, 1.54) is 11.3 Å². The van der Waals surface area contributed by atoms with Crippen LogP contribution in [0.2, 0.25) is 0 Å². The number of aryl methyl sites for hydroxylation is 1. The number of ether oxygens (including phenoxy) is 3. The third kappa shape index (κ3) is 3.14. The van der Waals surface area contributed by atoms with Gasteiger partial charge in [-0.2, -0.15) is 9.61 Å². The topological polar surface area (TPSA) is 83.7 Å². The number of hydrogen-bond donors (Lipinski definition) is 0. The van der Waals surface area contributed by atoms with Crippen LogP contribution in [0.3, 0.4) is 0 Å². The number of benzene rings is 2. The SMILES string of the molecule is COc1cc(-c2nnc3sc(-c4cc(C)nc5ccccc45)nn23)cc(OC)c1OC. The van der Waals surface area contributed by atoms with Crippen molar-refractivity contribution in [1.29, 1.82) is 0 Å². The molecule has 0 N–H and O–H groups in total. The molecular formula is C22H19N5O3S. The highest BCUT2D eigenvalue weighted by molar-refractivity contribution is 7.20. The van der Waals surface area contributed by atoms with E-state index in [0.717, 1.165) is 32.7 Å². The second-order valence-electron chi connectivity index (χ2n) is 6.87. The average Bonchev–Trinajstić information content (AvgIpc) is 3.38. The smallest absolute Gasteiger partial charge is 0.235 e. The second-order valence-corrected chi connectivity index (χ2v) is 7.82. The zero-order valence-corrected chi connectivity index (χ0v) is 18.2. The molecule has 0 amide bonds. The van der Waals surface area contributed by atoms with Gasteiger partial charge in [-0.05, 0) is 31.2 Å². The summed E-state index contributed by atoms with van der Waals surface area (Å²) in [5, 5.41) is 15.4. The summed E-state index contributed by atoms with van der Waals surface area (Å²) in [5.41, 5.74) is 3.65. The summed E-state index contributed by atoms with van der Waals surface area (Å²) < 4.78 is 18.1. The van der Waals surface area contributed by atoms with Crippen molar-refractivity contribution in [2.24, 2.45) is 0 Å². The molecule has 156 valence electrons. The fourth-order valence-corrected chi connectivity index (χ4v) is 4.47. The first-order chi connectivity index (χ1) is 15.1. The van der Waals surface area contributed by atoms with Gasteiger partial charge >= 0.3 is 0 Å². The molecule has 3 aromatic heterocycles. The van der Waals surface area contributed by atoms with Gasteiger partial charge in [0, 0.05) is 22.2 Å². The first-order valence-electron chi connectivity index (χ1n) is 9.52. The van der Waals surface area contributed by atoms with Crippen LogP contribution in [0.1, 0.15) is 5.69 Å². The summed E-state index contributed by atoms with van der Waals surface area (Å²) in [5.74, 6) is 2.19. The molecule has 0 aliphatic rings. The fraction of sp³-hybridized carbons (Fsp3) is 0.182. The lowest BCUT2D eigenvalue weighted by atomic mass is 10.1. The van der Waals surface area contributed by atoms with Gasteiger partial charge in [-0.1, -0.05) is 29.5 Å². The Morgan fingerprint density at radius 1 is 0.903 bits per heavy atom. The quantitative estimate of drug-likeness (QED) is 0.406. The molecule has 9 heteroatoms. The lowest BCUT2D eigenvalue weighted by Gasteiger charge is -2.13. The molecule has 8 nitrogen and oxygen atoms in total. The van der Waals surface area contributed by atoms with Crippen molar-refractivity contribution in [3.05, 3.63) is 48.2 Å².